The Labute approximate surface area is 195 Å². The Hall–Kier alpha value is -2.98. The molecule has 0 radical (unpaired) electrons. The number of sulfonamides is 1. The molecule has 1 aliphatic heterocycles. The maximum absolute atomic E-state index is 13.0. The highest BCUT2D eigenvalue weighted by atomic mass is 32.2. The van der Waals surface area contributed by atoms with Crippen LogP contribution >= 0.6 is 0 Å². The maximum Gasteiger partial charge on any atom is 0.410 e. The molecule has 1 heterocycles. The molecule has 1 amide bonds. The second-order valence-corrected chi connectivity index (χ2v) is 10.9. The van der Waals surface area contributed by atoms with Gasteiger partial charge >= 0.3 is 6.09 Å². The molecule has 10 heteroatoms. The van der Waals surface area contributed by atoms with Crippen molar-refractivity contribution in [2.45, 2.75) is 31.3 Å². The first-order valence-corrected chi connectivity index (χ1v) is 12.2. The zero-order chi connectivity index (χ0) is 24.2. The van der Waals surface area contributed by atoms with Crippen LogP contribution in [0.25, 0.3) is 0 Å². The molecule has 2 aromatic carbocycles. The lowest BCUT2D eigenvalue weighted by Gasteiger charge is -2.34. The molecule has 0 spiro atoms. The van der Waals surface area contributed by atoms with E-state index in [1.54, 1.807) is 32.9 Å². The van der Waals surface area contributed by atoms with Gasteiger partial charge in [-0.1, -0.05) is 0 Å². The van der Waals surface area contributed by atoms with Crippen molar-refractivity contribution in [2.24, 2.45) is 10.2 Å². The fourth-order valence-electron chi connectivity index (χ4n) is 3.20. The second-order valence-electron chi connectivity index (χ2n) is 8.98. The molecular formula is C23H31N5O4S. The molecule has 1 saturated heterocycles. The topological polar surface area (TPSA) is 94.9 Å². The van der Waals surface area contributed by atoms with Crippen molar-refractivity contribution >= 4 is 33.2 Å². The van der Waals surface area contributed by atoms with E-state index < -0.39 is 21.7 Å². The molecule has 1 aliphatic rings. The van der Waals surface area contributed by atoms with Crippen LogP contribution in [0, 0.1) is 0 Å². The molecule has 0 atom stereocenters. The molecule has 33 heavy (non-hydrogen) atoms. The van der Waals surface area contributed by atoms with Gasteiger partial charge in [-0.15, -0.1) is 0 Å². The van der Waals surface area contributed by atoms with Crippen molar-refractivity contribution in [1.82, 2.24) is 9.21 Å². The van der Waals surface area contributed by atoms with Crippen LogP contribution in [-0.2, 0) is 14.8 Å². The number of nitrogens with zero attached hydrogens (tertiary/aromatic N) is 5. The van der Waals surface area contributed by atoms with Crippen LogP contribution in [0.1, 0.15) is 20.8 Å². The molecule has 9 nitrogen and oxygen atoms in total. The van der Waals surface area contributed by atoms with Crippen LogP contribution in [0.3, 0.4) is 0 Å². The number of anilines is 1. The molecule has 1 fully saturated rings. The highest BCUT2D eigenvalue weighted by Crippen LogP contribution is 2.24. The van der Waals surface area contributed by atoms with Crippen LogP contribution in [-0.4, -0.2) is 69.6 Å². The summed E-state index contributed by atoms with van der Waals surface area (Å²) in [6.45, 7) is 6.40. The molecule has 0 bridgehead atoms. The van der Waals surface area contributed by atoms with Crippen molar-refractivity contribution in [3.8, 4) is 0 Å². The summed E-state index contributed by atoms with van der Waals surface area (Å²) >= 11 is 0. The monoisotopic (exact) mass is 473 g/mol. The third-order valence-electron chi connectivity index (χ3n) is 5.01. The van der Waals surface area contributed by atoms with Crippen LogP contribution in [0.15, 0.2) is 63.7 Å². The minimum absolute atomic E-state index is 0.183. The number of hydrogen-bond donors (Lipinski definition) is 0. The summed E-state index contributed by atoms with van der Waals surface area (Å²) in [5, 5.41) is 8.40. The first-order valence-electron chi connectivity index (χ1n) is 10.7. The largest absolute Gasteiger partial charge is 0.444 e. The smallest absolute Gasteiger partial charge is 0.410 e. The number of ether oxygens (including phenoxy) is 1. The quantitative estimate of drug-likeness (QED) is 0.600. The lowest BCUT2D eigenvalue weighted by molar-refractivity contribution is 0.0192. The summed E-state index contributed by atoms with van der Waals surface area (Å²) < 4.78 is 32.8. The summed E-state index contributed by atoms with van der Waals surface area (Å²) in [5.74, 6) is 0. The molecule has 2 aromatic rings. The summed E-state index contributed by atoms with van der Waals surface area (Å²) in [5.41, 5.74) is 1.74. The van der Waals surface area contributed by atoms with Crippen molar-refractivity contribution in [2.75, 3.05) is 45.2 Å². The van der Waals surface area contributed by atoms with Gasteiger partial charge in [-0.3, -0.25) is 0 Å². The van der Waals surface area contributed by atoms with Crippen molar-refractivity contribution < 1.29 is 17.9 Å². The van der Waals surface area contributed by atoms with E-state index >= 15 is 0 Å². The molecule has 0 aromatic heterocycles. The molecule has 178 valence electrons. The van der Waals surface area contributed by atoms with E-state index in [1.807, 2.05) is 43.3 Å². The van der Waals surface area contributed by atoms with Crippen molar-refractivity contribution in [3.63, 3.8) is 0 Å². The normalized spacial score (nSPS) is 15.6. The lowest BCUT2D eigenvalue weighted by Crippen LogP contribution is -2.51. The fourth-order valence-corrected chi connectivity index (χ4v) is 4.63. The van der Waals surface area contributed by atoms with Gasteiger partial charge in [-0.05, 0) is 69.3 Å². The van der Waals surface area contributed by atoms with Gasteiger partial charge in [0, 0.05) is 46.0 Å². The van der Waals surface area contributed by atoms with E-state index in [4.69, 9.17) is 4.74 Å². The summed E-state index contributed by atoms with van der Waals surface area (Å²) in [6.07, 6.45) is -0.425. The van der Waals surface area contributed by atoms with Gasteiger partial charge in [0.05, 0.1) is 16.3 Å². The number of benzene rings is 2. The van der Waals surface area contributed by atoms with Gasteiger partial charge in [-0.2, -0.15) is 14.5 Å². The molecule has 0 aliphatic carbocycles. The number of carbonyl (C=O) groups excluding carboxylic acids is 1. The van der Waals surface area contributed by atoms with Gasteiger partial charge in [0.25, 0.3) is 0 Å². The Morgan fingerprint density at radius 2 is 1.36 bits per heavy atom. The van der Waals surface area contributed by atoms with E-state index in [0.717, 1.165) is 5.69 Å². The number of rotatable bonds is 5. The van der Waals surface area contributed by atoms with E-state index in [1.165, 1.54) is 21.3 Å². The lowest BCUT2D eigenvalue weighted by atomic mass is 10.2. The van der Waals surface area contributed by atoms with Crippen LogP contribution < -0.4 is 4.90 Å². The zero-order valence-electron chi connectivity index (χ0n) is 19.7. The Kier molecular flexibility index (Phi) is 7.38. The van der Waals surface area contributed by atoms with E-state index in [0.29, 0.717) is 11.4 Å². The minimum Gasteiger partial charge on any atom is -0.444 e. The SMILES string of the molecule is CN(C)c1ccc(N=Nc2ccc(S(=O)(=O)N3CCN(C(=O)OC(C)(C)C)CC3)cc2)cc1. The van der Waals surface area contributed by atoms with Gasteiger partial charge in [0.15, 0.2) is 0 Å². The predicted octanol–water partition coefficient (Wildman–Crippen LogP) is 4.41. The maximum atomic E-state index is 13.0. The number of hydrogen-bond acceptors (Lipinski definition) is 7. The molecule has 3 rings (SSSR count). The Morgan fingerprint density at radius 1 is 0.879 bits per heavy atom. The highest BCUT2D eigenvalue weighted by Gasteiger charge is 2.31. The van der Waals surface area contributed by atoms with E-state index in [9.17, 15) is 13.2 Å². The number of azo groups is 1. The van der Waals surface area contributed by atoms with Crippen molar-refractivity contribution in [3.05, 3.63) is 48.5 Å². The minimum atomic E-state index is -3.67. The summed E-state index contributed by atoms with van der Waals surface area (Å²) in [4.78, 5) is 15.9. The fraction of sp³-hybridized carbons (Fsp3) is 0.435. The molecular weight excluding hydrogens is 442 g/mol. The van der Waals surface area contributed by atoms with Gasteiger partial charge in [0.2, 0.25) is 10.0 Å². The Balaban J connectivity index is 1.61. The average Bonchev–Trinajstić information content (AvgIpc) is 2.77. The molecule has 0 unspecified atom stereocenters. The van der Waals surface area contributed by atoms with Crippen LogP contribution in [0.5, 0.6) is 0 Å². The number of carbonyl (C=O) groups is 1. The number of amides is 1. The zero-order valence-corrected chi connectivity index (χ0v) is 20.5. The standard InChI is InChI=1S/C23H31N5O4S/c1-23(2,3)32-22(29)27-14-16-28(17-15-27)33(30,31)21-12-8-19(9-13-21)25-24-18-6-10-20(11-7-18)26(4)5/h6-13H,14-17H2,1-5H3. The second kappa shape index (κ2) is 9.88. The first-order chi connectivity index (χ1) is 15.5. The summed E-state index contributed by atoms with van der Waals surface area (Å²) in [6, 6.07) is 13.9. The third kappa shape index (κ3) is 6.52. The Morgan fingerprint density at radius 3 is 1.82 bits per heavy atom. The average molecular weight is 474 g/mol. The van der Waals surface area contributed by atoms with Crippen molar-refractivity contribution in [1.29, 1.82) is 0 Å². The third-order valence-corrected chi connectivity index (χ3v) is 6.92. The van der Waals surface area contributed by atoms with Gasteiger partial charge in [-0.25, -0.2) is 13.2 Å². The van der Waals surface area contributed by atoms with Crippen LogP contribution in [0.2, 0.25) is 0 Å². The summed E-state index contributed by atoms with van der Waals surface area (Å²) in [7, 11) is 0.265. The van der Waals surface area contributed by atoms with E-state index in [2.05, 4.69) is 10.2 Å². The highest BCUT2D eigenvalue weighted by molar-refractivity contribution is 7.89. The molecule has 0 saturated carbocycles. The predicted molar refractivity (Wildman–Crippen MR) is 128 cm³/mol. The first kappa shape index (κ1) is 24.7. The van der Waals surface area contributed by atoms with Gasteiger partial charge < -0.3 is 14.5 Å². The number of piperazine rings is 1. The van der Waals surface area contributed by atoms with Crippen LogP contribution in [0.4, 0.5) is 21.9 Å². The Bertz CT molecular complexity index is 1080. The van der Waals surface area contributed by atoms with E-state index in [-0.39, 0.29) is 31.1 Å². The molecule has 0 N–H and O–H groups in total. The van der Waals surface area contributed by atoms with Gasteiger partial charge in [0.1, 0.15) is 5.60 Å².